The number of anilines is 2. The van der Waals surface area contributed by atoms with E-state index in [1.54, 1.807) is 12.3 Å². The molecule has 0 bridgehead atoms. The van der Waals surface area contributed by atoms with Crippen LogP contribution in [-0.4, -0.2) is 10.9 Å². The molecular weight excluding hydrogens is 423 g/mol. The highest BCUT2D eigenvalue weighted by molar-refractivity contribution is 14.1. The van der Waals surface area contributed by atoms with Gasteiger partial charge >= 0.3 is 0 Å². The number of rotatable bonds is 3. The topological polar surface area (TPSA) is 80.0 Å². The van der Waals surface area contributed by atoms with Crippen LogP contribution in [0, 0.1) is 3.57 Å². The van der Waals surface area contributed by atoms with Gasteiger partial charge in [0.05, 0.1) is 16.9 Å². The van der Waals surface area contributed by atoms with Gasteiger partial charge in [0.1, 0.15) is 0 Å². The van der Waals surface area contributed by atoms with Crippen molar-refractivity contribution in [2.24, 2.45) is 5.84 Å². The number of halogens is 2. The van der Waals surface area contributed by atoms with Crippen LogP contribution in [0.1, 0.15) is 10.4 Å². The van der Waals surface area contributed by atoms with Crippen molar-refractivity contribution in [1.29, 1.82) is 0 Å². The van der Waals surface area contributed by atoms with Gasteiger partial charge in [-0.1, -0.05) is 0 Å². The van der Waals surface area contributed by atoms with Crippen molar-refractivity contribution >= 4 is 55.8 Å². The van der Waals surface area contributed by atoms with Gasteiger partial charge in [-0.3, -0.25) is 15.6 Å². The first kappa shape index (κ1) is 14.2. The Kier molecular flexibility index (Phi) is 4.72. The summed E-state index contributed by atoms with van der Waals surface area (Å²) in [5, 5.41) is 2.82. The van der Waals surface area contributed by atoms with Crippen molar-refractivity contribution in [3.05, 3.63) is 50.3 Å². The number of nitrogens with one attached hydrogen (secondary N) is 2. The molecule has 0 saturated heterocycles. The van der Waals surface area contributed by atoms with Crippen LogP contribution in [0.3, 0.4) is 0 Å². The molecule has 7 heteroatoms. The van der Waals surface area contributed by atoms with Gasteiger partial charge in [0.15, 0.2) is 0 Å². The average Bonchev–Trinajstić information content (AvgIpc) is 2.42. The first-order valence-corrected chi connectivity index (χ1v) is 7.16. The molecule has 1 aromatic heterocycles. The molecule has 98 valence electrons. The van der Waals surface area contributed by atoms with E-state index in [0.29, 0.717) is 16.9 Å². The lowest BCUT2D eigenvalue weighted by molar-refractivity contribution is 0.102. The van der Waals surface area contributed by atoms with Crippen molar-refractivity contribution < 1.29 is 4.79 Å². The van der Waals surface area contributed by atoms with Crippen LogP contribution in [0.2, 0.25) is 0 Å². The van der Waals surface area contributed by atoms with E-state index in [-0.39, 0.29) is 5.91 Å². The molecule has 2 rings (SSSR count). The summed E-state index contributed by atoms with van der Waals surface area (Å²) in [5.41, 5.74) is 4.08. The highest BCUT2D eigenvalue weighted by Gasteiger charge is 2.12. The summed E-state index contributed by atoms with van der Waals surface area (Å²) in [6.07, 6.45) is 3.03. The van der Waals surface area contributed by atoms with E-state index in [4.69, 9.17) is 5.84 Å². The van der Waals surface area contributed by atoms with Gasteiger partial charge in [-0.15, -0.1) is 0 Å². The average molecular weight is 433 g/mol. The van der Waals surface area contributed by atoms with E-state index >= 15 is 0 Å². The fraction of sp³-hybridized carbons (Fsp3) is 0. The lowest BCUT2D eigenvalue weighted by atomic mass is 10.2. The van der Waals surface area contributed by atoms with Gasteiger partial charge in [-0.2, -0.15) is 0 Å². The van der Waals surface area contributed by atoms with Crippen molar-refractivity contribution in [1.82, 2.24) is 4.98 Å². The van der Waals surface area contributed by atoms with E-state index < -0.39 is 0 Å². The number of hydrazine groups is 1. The molecule has 1 amide bonds. The Morgan fingerprint density at radius 2 is 2.11 bits per heavy atom. The molecule has 4 N–H and O–H groups in total. The monoisotopic (exact) mass is 432 g/mol. The summed E-state index contributed by atoms with van der Waals surface area (Å²) in [5.74, 6) is 5.09. The van der Waals surface area contributed by atoms with Crippen LogP contribution in [-0.2, 0) is 0 Å². The van der Waals surface area contributed by atoms with Gasteiger partial charge in [0.25, 0.3) is 5.91 Å². The molecule has 5 nitrogen and oxygen atoms in total. The van der Waals surface area contributed by atoms with Gasteiger partial charge in [-0.05, 0) is 62.8 Å². The van der Waals surface area contributed by atoms with E-state index in [0.717, 1.165) is 8.04 Å². The lowest BCUT2D eigenvalue weighted by Crippen LogP contribution is -2.17. The Morgan fingerprint density at radius 3 is 2.84 bits per heavy atom. The van der Waals surface area contributed by atoms with Crippen molar-refractivity contribution in [3.63, 3.8) is 0 Å². The third-order valence-corrected chi connectivity index (χ3v) is 3.76. The third-order valence-electron chi connectivity index (χ3n) is 2.40. The highest BCUT2D eigenvalue weighted by atomic mass is 127. The number of carbonyl (C=O) groups excluding carboxylic acids is 1. The Morgan fingerprint density at radius 1 is 1.32 bits per heavy atom. The SMILES string of the molecule is NNc1ccncc1C(=O)Nc1cc(I)ccc1Br. The standard InChI is InChI=1S/C12H10BrIN4O/c13-9-2-1-7(14)5-11(9)17-12(19)8-6-16-4-3-10(8)18-15/h1-6H,15H2,(H,16,18)(H,17,19). The Labute approximate surface area is 132 Å². The summed E-state index contributed by atoms with van der Waals surface area (Å²) >= 11 is 5.57. The third kappa shape index (κ3) is 3.43. The first-order valence-electron chi connectivity index (χ1n) is 5.29. The predicted molar refractivity (Wildman–Crippen MR) is 86.9 cm³/mol. The van der Waals surface area contributed by atoms with E-state index in [2.05, 4.69) is 54.2 Å². The molecule has 0 aliphatic heterocycles. The molecule has 1 aromatic carbocycles. The molecule has 0 aliphatic rings. The minimum absolute atomic E-state index is 0.274. The second kappa shape index (κ2) is 6.31. The zero-order chi connectivity index (χ0) is 13.8. The lowest BCUT2D eigenvalue weighted by Gasteiger charge is -2.10. The van der Waals surface area contributed by atoms with Crippen molar-refractivity contribution in [3.8, 4) is 0 Å². The van der Waals surface area contributed by atoms with Gasteiger partial charge in [0.2, 0.25) is 0 Å². The van der Waals surface area contributed by atoms with Crippen molar-refractivity contribution in [2.75, 3.05) is 10.7 Å². The minimum atomic E-state index is -0.274. The molecule has 0 fully saturated rings. The number of hydrogen-bond donors (Lipinski definition) is 3. The largest absolute Gasteiger partial charge is 0.323 e. The summed E-state index contributed by atoms with van der Waals surface area (Å²) in [7, 11) is 0. The molecule has 0 radical (unpaired) electrons. The maximum Gasteiger partial charge on any atom is 0.259 e. The van der Waals surface area contributed by atoms with Gasteiger partial charge in [-0.25, -0.2) is 0 Å². The second-order valence-corrected chi connectivity index (χ2v) is 5.74. The maximum atomic E-state index is 12.2. The number of pyridine rings is 1. The van der Waals surface area contributed by atoms with E-state index in [1.807, 2.05) is 18.2 Å². The predicted octanol–water partition coefficient (Wildman–Crippen LogP) is 2.99. The molecule has 0 atom stereocenters. The van der Waals surface area contributed by atoms with E-state index in [1.165, 1.54) is 6.20 Å². The highest BCUT2D eigenvalue weighted by Crippen LogP contribution is 2.25. The normalized spacial score (nSPS) is 10.1. The summed E-state index contributed by atoms with van der Waals surface area (Å²) in [6, 6.07) is 7.33. The fourth-order valence-electron chi connectivity index (χ4n) is 1.48. The molecule has 1 heterocycles. The second-order valence-electron chi connectivity index (χ2n) is 3.64. The number of benzene rings is 1. The molecular formula is C12H10BrIN4O. The van der Waals surface area contributed by atoms with Crippen LogP contribution in [0.5, 0.6) is 0 Å². The zero-order valence-electron chi connectivity index (χ0n) is 9.65. The summed E-state index contributed by atoms with van der Waals surface area (Å²) in [4.78, 5) is 16.1. The Balaban J connectivity index is 2.28. The number of carbonyl (C=O) groups is 1. The molecule has 0 aliphatic carbocycles. The van der Waals surface area contributed by atoms with Crippen LogP contribution < -0.4 is 16.6 Å². The quantitative estimate of drug-likeness (QED) is 0.395. The first-order chi connectivity index (χ1) is 9.11. The van der Waals surface area contributed by atoms with Crippen molar-refractivity contribution in [2.45, 2.75) is 0 Å². The molecule has 0 saturated carbocycles. The van der Waals surface area contributed by atoms with E-state index in [9.17, 15) is 4.79 Å². The zero-order valence-corrected chi connectivity index (χ0v) is 13.4. The summed E-state index contributed by atoms with van der Waals surface area (Å²) in [6.45, 7) is 0. The molecule has 19 heavy (non-hydrogen) atoms. The van der Waals surface area contributed by atoms with Gasteiger partial charge < -0.3 is 10.7 Å². The number of nitrogen functional groups attached to an aromatic ring is 1. The Bertz CT molecular complexity index is 620. The molecule has 0 unspecified atom stereocenters. The number of hydrogen-bond acceptors (Lipinski definition) is 4. The van der Waals surface area contributed by atoms with Crippen LogP contribution in [0.4, 0.5) is 11.4 Å². The Hall–Kier alpha value is -1.19. The minimum Gasteiger partial charge on any atom is -0.323 e. The molecule has 0 spiro atoms. The maximum absolute atomic E-state index is 12.2. The smallest absolute Gasteiger partial charge is 0.259 e. The van der Waals surface area contributed by atoms with Crippen LogP contribution >= 0.6 is 38.5 Å². The number of nitrogens with zero attached hydrogens (tertiary/aromatic N) is 1. The fourth-order valence-corrected chi connectivity index (χ4v) is 2.32. The number of amides is 1. The van der Waals surface area contributed by atoms with Crippen LogP contribution in [0.15, 0.2) is 41.1 Å². The number of nitrogens with two attached hydrogens (primary N) is 1. The van der Waals surface area contributed by atoms with Crippen LogP contribution in [0.25, 0.3) is 0 Å². The number of aromatic nitrogens is 1. The summed E-state index contributed by atoms with van der Waals surface area (Å²) < 4.78 is 1.84. The molecule has 2 aromatic rings. The van der Waals surface area contributed by atoms with Gasteiger partial charge in [0, 0.05) is 20.4 Å².